The highest BCUT2D eigenvalue weighted by atomic mass is 16.6. The van der Waals surface area contributed by atoms with Crippen LogP contribution in [0.15, 0.2) is 0 Å². The maximum Gasteiger partial charge on any atom is 0.0939 e. The molecule has 0 radical (unpaired) electrons. The minimum absolute atomic E-state index is 0.254. The molecule has 1 aliphatic carbocycles. The fourth-order valence-electron chi connectivity index (χ4n) is 3.59. The fourth-order valence-corrected chi connectivity index (χ4v) is 3.59. The van der Waals surface area contributed by atoms with Gasteiger partial charge in [-0.2, -0.15) is 0 Å². The highest BCUT2D eigenvalue weighted by molar-refractivity contribution is 5.16. The van der Waals surface area contributed by atoms with Gasteiger partial charge in [-0.1, -0.05) is 6.92 Å². The molecule has 0 aromatic rings. The maximum atomic E-state index is 5.90. The third-order valence-corrected chi connectivity index (χ3v) is 4.49. The largest absolute Gasteiger partial charge is 0.366 e. The van der Waals surface area contributed by atoms with E-state index in [1.54, 1.807) is 0 Å². The molecule has 4 unspecified atom stereocenters. The van der Waals surface area contributed by atoms with Crippen LogP contribution in [0.1, 0.15) is 39.5 Å². The molecule has 0 amide bonds. The summed E-state index contributed by atoms with van der Waals surface area (Å²) in [4.78, 5) is 0. The van der Waals surface area contributed by atoms with Crippen molar-refractivity contribution in [1.82, 2.24) is 5.32 Å². The Kier molecular flexibility index (Phi) is 1.45. The summed E-state index contributed by atoms with van der Waals surface area (Å²) >= 11 is 0. The summed E-state index contributed by atoms with van der Waals surface area (Å²) in [5, 5.41) is 3.66. The van der Waals surface area contributed by atoms with E-state index >= 15 is 0 Å². The van der Waals surface area contributed by atoms with Crippen molar-refractivity contribution in [3.8, 4) is 0 Å². The van der Waals surface area contributed by atoms with Crippen molar-refractivity contribution in [1.29, 1.82) is 0 Å². The van der Waals surface area contributed by atoms with Gasteiger partial charge in [0.2, 0.25) is 0 Å². The van der Waals surface area contributed by atoms with Crippen LogP contribution in [0.25, 0.3) is 0 Å². The van der Waals surface area contributed by atoms with E-state index in [2.05, 4.69) is 19.2 Å². The van der Waals surface area contributed by atoms with Crippen LogP contribution in [0.5, 0.6) is 0 Å². The molecule has 13 heavy (non-hydrogen) atoms. The number of fused-ring (bicyclic) bond motifs is 3. The molecular weight excluding hydrogens is 162 g/mol. The van der Waals surface area contributed by atoms with Crippen LogP contribution in [-0.2, 0) is 4.74 Å². The third kappa shape index (κ3) is 0.962. The highest BCUT2D eigenvalue weighted by Gasteiger charge is 2.66. The van der Waals surface area contributed by atoms with Gasteiger partial charge in [-0.05, 0) is 39.2 Å². The maximum absolute atomic E-state index is 5.90. The van der Waals surface area contributed by atoms with E-state index in [1.807, 2.05) is 0 Å². The van der Waals surface area contributed by atoms with E-state index in [1.165, 1.54) is 32.2 Å². The van der Waals surface area contributed by atoms with E-state index in [4.69, 9.17) is 4.74 Å². The first-order chi connectivity index (χ1) is 6.15. The molecule has 0 aromatic carbocycles. The Morgan fingerprint density at radius 2 is 2.15 bits per heavy atom. The summed E-state index contributed by atoms with van der Waals surface area (Å²) in [5.41, 5.74) is 0.690. The number of rotatable bonds is 0. The molecule has 2 saturated heterocycles. The van der Waals surface area contributed by atoms with Crippen LogP contribution >= 0.6 is 0 Å². The van der Waals surface area contributed by atoms with Crippen molar-refractivity contribution >= 4 is 0 Å². The molecule has 0 aromatic heterocycles. The first-order valence-corrected chi connectivity index (χ1v) is 5.56. The quantitative estimate of drug-likeness (QED) is 0.575. The fraction of sp³-hybridized carbons (Fsp3) is 1.00. The van der Waals surface area contributed by atoms with Crippen LogP contribution in [0.3, 0.4) is 0 Å². The Balaban J connectivity index is 1.89. The smallest absolute Gasteiger partial charge is 0.0939 e. The van der Waals surface area contributed by atoms with Gasteiger partial charge in [0.15, 0.2) is 0 Å². The summed E-state index contributed by atoms with van der Waals surface area (Å²) in [6.45, 7) is 5.91. The Bertz CT molecular complexity index is 236. The summed E-state index contributed by atoms with van der Waals surface area (Å²) in [7, 11) is 0. The Hall–Kier alpha value is -0.0800. The van der Waals surface area contributed by atoms with Crippen molar-refractivity contribution in [2.24, 2.45) is 5.41 Å². The summed E-state index contributed by atoms with van der Waals surface area (Å²) in [6.07, 6.45) is 5.79. The van der Waals surface area contributed by atoms with Gasteiger partial charge >= 0.3 is 0 Å². The van der Waals surface area contributed by atoms with Crippen LogP contribution in [0.4, 0.5) is 0 Å². The van der Waals surface area contributed by atoms with Gasteiger partial charge in [-0.25, -0.2) is 0 Å². The normalized spacial score (nSPS) is 59.5. The molecule has 4 atom stereocenters. The highest BCUT2D eigenvalue weighted by Crippen LogP contribution is 2.58. The van der Waals surface area contributed by atoms with Crippen molar-refractivity contribution in [3.05, 3.63) is 0 Å². The van der Waals surface area contributed by atoms with Gasteiger partial charge in [0.25, 0.3) is 0 Å². The molecule has 3 rings (SSSR count). The molecule has 0 bridgehead atoms. The second-order valence-electron chi connectivity index (χ2n) is 5.47. The molecule has 2 nitrogen and oxygen atoms in total. The van der Waals surface area contributed by atoms with E-state index in [-0.39, 0.29) is 5.60 Å². The number of ether oxygens (including phenoxy) is 1. The lowest BCUT2D eigenvalue weighted by molar-refractivity contribution is 0.0992. The van der Waals surface area contributed by atoms with Gasteiger partial charge < -0.3 is 10.1 Å². The molecule has 0 spiro atoms. The monoisotopic (exact) mass is 181 g/mol. The molecule has 3 fully saturated rings. The van der Waals surface area contributed by atoms with E-state index < -0.39 is 0 Å². The van der Waals surface area contributed by atoms with Crippen LogP contribution < -0.4 is 5.32 Å². The molecule has 1 N–H and O–H groups in total. The first-order valence-electron chi connectivity index (χ1n) is 5.56. The van der Waals surface area contributed by atoms with Gasteiger partial charge in [0.05, 0.1) is 11.7 Å². The molecule has 1 saturated carbocycles. The molecule has 2 heteroatoms. The minimum Gasteiger partial charge on any atom is -0.366 e. The zero-order chi connectivity index (χ0) is 9.10. The first kappa shape index (κ1) is 8.25. The van der Waals surface area contributed by atoms with Gasteiger partial charge in [0, 0.05) is 11.5 Å². The van der Waals surface area contributed by atoms with Crippen molar-refractivity contribution < 1.29 is 4.74 Å². The molecular formula is C11H19NO. The Morgan fingerprint density at radius 3 is 3.00 bits per heavy atom. The molecule has 2 aliphatic heterocycles. The summed E-state index contributed by atoms with van der Waals surface area (Å²) < 4.78 is 5.90. The number of hydrogen-bond acceptors (Lipinski definition) is 2. The average Bonchev–Trinajstić information content (AvgIpc) is 2.79. The number of epoxide rings is 1. The zero-order valence-corrected chi connectivity index (χ0v) is 8.60. The SMILES string of the molecule is CC12CCC3NCCCC3(C)C1O2. The Morgan fingerprint density at radius 1 is 1.31 bits per heavy atom. The van der Waals surface area contributed by atoms with Crippen molar-refractivity contribution in [2.45, 2.75) is 57.3 Å². The van der Waals surface area contributed by atoms with E-state index in [0.717, 1.165) is 6.04 Å². The van der Waals surface area contributed by atoms with Crippen LogP contribution in [0.2, 0.25) is 0 Å². The third-order valence-electron chi connectivity index (χ3n) is 4.49. The second kappa shape index (κ2) is 2.29. The van der Waals surface area contributed by atoms with Gasteiger partial charge in [-0.15, -0.1) is 0 Å². The molecule has 74 valence electrons. The number of nitrogens with one attached hydrogen (secondary N) is 1. The van der Waals surface area contributed by atoms with E-state index in [9.17, 15) is 0 Å². The van der Waals surface area contributed by atoms with Crippen molar-refractivity contribution in [3.63, 3.8) is 0 Å². The average molecular weight is 181 g/mol. The minimum atomic E-state index is 0.254. The van der Waals surface area contributed by atoms with E-state index in [0.29, 0.717) is 11.5 Å². The Labute approximate surface area is 80.0 Å². The summed E-state index contributed by atoms with van der Waals surface area (Å²) in [5.74, 6) is 0. The predicted octanol–water partition coefficient (Wildman–Crippen LogP) is 1.70. The lowest BCUT2D eigenvalue weighted by atomic mass is 9.64. The van der Waals surface area contributed by atoms with Crippen LogP contribution in [-0.4, -0.2) is 24.3 Å². The standard InChI is InChI=1S/C11H19NO/c1-10-5-3-7-12-8(10)4-6-11(2)9(10)13-11/h8-9,12H,3-7H2,1-2H3. The van der Waals surface area contributed by atoms with Gasteiger partial charge in [0.1, 0.15) is 0 Å². The number of hydrogen-bond donors (Lipinski definition) is 1. The predicted molar refractivity (Wildman–Crippen MR) is 51.6 cm³/mol. The second-order valence-corrected chi connectivity index (χ2v) is 5.47. The van der Waals surface area contributed by atoms with Crippen molar-refractivity contribution in [2.75, 3.05) is 6.54 Å². The zero-order valence-electron chi connectivity index (χ0n) is 8.60. The molecule has 2 heterocycles. The molecule has 3 aliphatic rings. The summed E-state index contributed by atoms with van der Waals surface area (Å²) in [6, 6.07) is 0.724. The van der Waals surface area contributed by atoms with Crippen LogP contribution in [0, 0.1) is 5.41 Å². The topological polar surface area (TPSA) is 24.6 Å². The van der Waals surface area contributed by atoms with Gasteiger partial charge in [-0.3, -0.25) is 0 Å². The number of piperidine rings is 1. The lowest BCUT2D eigenvalue weighted by Gasteiger charge is -2.45. The lowest BCUT2D eigenvalue weighted by Crippen LogP contribution is -2.55.